The van der Waals surface area contributed by atoms with Crippen LogP contribution in [-0.4, -0.2) is 11.0 Å². The summed E-state index contributed by atoms with van der Waals surface area (Å²) in [4.78, 5) is 24.5. The van der Waals surface area contributed by atoms with Gasteiger partial charge >= 0.3 is 0 Å². The van der Waals surface area contributed by atoms with Gasteiger partial charge in [0.25, 0.3) is 11.0 Å². The minimum Gasteiger partial charge on any atom is -0.280 e. The van der Waals surface area contributed by atoms with E-state index in [1.165, 1.54) is 58.7 Å². The van der Waals surface area contributed by atoms with E-state index in [1.807, 2.05) is 0 Å². The van der Waals surface area contributed by atoms with E-state index in [1.54, 1.807) is 0 Å². The van der Waals surface area contributed by atoms with Crippen molar-refractivity contribution < 1.29 is 14.2 Å². The van der Waals surface area contributed by atoms with Gasteiger partial charge in [0.15, 0.2) is 0 Å². The maximum atomic E-state index is 12.3. The van der Waals surface area contributed by atoms with Gasteiger partial charge < -0.3 is 0 Å². The summed E-state index contributed by atoms with van der Waals surface area (Å²) in [6.07, 6.45) is 0. The Balaban J connectivity index is 0.000000263. The number of rotatable bonds is 4. The number of carbonyl (C=O) groups excluding carboxylic acids is 2. The summed E-state index contributed by atoms with van der Waals surface area (Å²) in [7, 11) is -2.99. The lowest BCUT2D eigenvalue weighted by atomic mass is 9.81. The molecule has 153 valence electrons. The third-order valence-electron chi connectivity index (χ3n) is 4.80. The van der Waals surface area contributed by atoms with Crippen molar-refractivity contribution in [3.63, 3.8) is 0 Å². The zero-order chi connectivity index (χ0) is 22.2. The van der Waals surface area contributed by atoms with Crippen LogP contribution < -0.4 is 0 Å². The van der Waals surface area contributed by atoms with Crippen LogP contribution in [0.2, 0.25) is 20.1 Å². The predicted octanol–water partition coefficient (Wildman–Crippen LogP) is 8.39. The molecule has 2 aliphatic carbocycles. The normalized spacial score (nSPS) is 10.7. The molecule has 0 spiro atoms. The molecule has 0 aliphatic heterocycles. The molecule has 1 radical (unpaired) electrons. The zero-order valence-corrected chi connectivity index (χ0v) is 19.7. The molecule has 0 aromatic heterocycles. The van der Waals surface area contributed by atoms with Crippen molar-refractivity contribution in [2.24, 2.45) is 0 Å². The van der Waals surface area contributed by atoms with Crippen molar-refractivity contribution >= 4 is 65.3 Å². The van der Waals surface area contributed by atoms with Crippen molar-refractivity contribution in [3.8, 4) is 11.1 Å². The molecule has 2 aromatic rings. The van der Waals surface area contributed by atoms with Crippen LogP contribution in [0.5, 0.6) is 0 Å². The van der Waals surface area contributed by atoms with Crippen LogP contribution in [0.25, 0.3) is 11.1 Å². The van der Waals surface area contributed by atoms with Crippen LogP contribution in [-0.2, 0) is 4.57 Å². The molecule has 0 saturated carbocycles. The van der Waals surface area contributed by atoms with Crippen molar-refractivity contribution in [1.29, 1.82) is 0 Å². The van der Waals surface area contributed by atoms with E-state index < -0.39 is 18.8 Å². The first kappa shape index (κ1) is 22.9. The minimum absolute atomic E-state index is 0.0129. The van der Waals surface area contributed by atoms with Crippen LogP contribution in [0.1, 0.15) is 31.8 Å². The Morgan fingerprint density at radius 3 is 1.17 bits per heavy atom. The molecule has 0 fully saturated rings. The Bertz CT molecular complexity index is 1090. The Hall–Kier alpha value is -1.74. The number of hydrogen-bond acceptors (Lipinski definition) is 3. The average Bonchev–Trinajstić information content (AvgIpc) is 2.66. The Labute approximate surface area is 194 Å². The lowest BCUT2D eigenvalue weighted by Crippen LogP contribution is -2.04. The van der Waals surface area contributed by atoms with E-state index in [0.717, 1.165) is 0 Å². The molecule has 3 nitrogen and oxygen atoms in total. The molecule has 4 rings (SSSR count). The first-order chi connectivity index (χ1) is 14.1. The van der Waals surface area contributed by atoms with Gasteiger partial charge in [0, 0.05) is 0 Å². The van der Waals surface area contributed by atoms with Crippen molar-refractivity contribution in [3.05, 3.63) is 90.9 Å². The number of benzene rings is 3. The van der Waals surface area contributed by atoms with E-state index in [-0.39, 0.29) is 31.2 Å². The van der Waals surface area contributed by atoms with E-state index >= 15 is 0 Å². The van der Waals surface area contributed by atoms with Crippen molar-refractivity contribution in [1.82, 2.24) is 0 Å². The van der Waals surface area contributed by atoms with Gasteiger partial charge in [-0.3, -0.25) is 14.2 Å². The summed E-state index contributed by atoms with van der Waals surface area (Å²) in [5.41, 5.74) is 3.69. The first-order valence-corrected chi connectivity index (χ1v) is 11.5. The third-order valence-corrected chi connectivity index (χ3v) is 7.24. The smallest absolute Gasteiger partial charge is 0.252 e. The molecule has 2 aliphatic rings. The van der Waals surface area contributed by atoms with Crippen LogP contribution in [0, 0.1) is 13.8 Å². The molecular formula is C22H14Cl4O3P. The number of hydrogen-bond donors (Lipinski definition) is 0. The highest BCUT2D eigenvalue weighted by Gasteiger charge is 2.30. The summed E-state index contributed by atoms with van der Waals surface area (Å²) in [5, 5.41) is 0.0515. The van der Waals surface area contributed by atoms with Crippen LogP contribution in [0.3, 0.4) is 0 Å². The van der Waals surface area contributed by atoms with E-state index in [4.69, 9.17) is 46.4 Å². The Morgan fingerprint density at radius 1 is 0.633 bits per heavy atom. The molecular weight excluding hydrogens is 485 g/mol. The lowest BCUT2D eigenvalue weighted by molar-refractivity contribution is 0.104. The van der Waals surface area contributed by atoms with E-state index in [9.17, 15) is 14.2 Å². The van der Waals surface area contributed by atoms with Gasteiger partial charge in [-0.15, -0.1) is 0 Å². The molecule has 0 saturated heterocycles. The maximum Gasteiger partial charge on any atom is 0.252 e. The molecule has 0 N–H and O–H groups in total. The first-order valence-electron chi connectivity index (χ1n) is 8.69. The van der Waals surface area contributed by atoms with Gasteiger partial charge in [-0.2, -0.15) is 0 Å². The van der Waals surface area contributed by atoms with Crippen molar-refractivity contribution in [2.75, 3.05) is 0 Å². The molecule has 0 bridgehead atoms. The maximum absolute atomic E-state index is 12.3. The quantitative estimate of drug-likeness (QED) is 0.265. The molecule has 0 amide bonds. The Morgan fingerprint density at radius 2 is 0.933 bits per heavy atom. The summed E-state index contributed by atoms with van der Waals surface area (Å²) >= 11 is 23.5. The third kappa shape index (κ3) is 4.19. The number of carbonyl (C=O) groups is 2. The minimum atomic E-state index is -2.99. The summed E-state index contributed by atoms with van der Waals surface area (Å²) in [5.74, 6) is 0. The summed E-state index contributed by atoms with van der Waals surface area (Å²) in [6.45, 7) is 4.36. The van der Waals surface area contributed by atoms with Gasteiger partial charge in [0.05, 0.1) is 31.2 Å². The second kappa shape index (κ2) is 9.18. The standard InChI is InChI=1S/C14H6Cl4O3P.C8H8/c15-7-3-1-4-8(16)11(7)13(19)22(21)14(20)12-9(17)5-2-6-10(12)18;1-5-6(2)8-4-3-7(5)8/h1-6H;3-4H,1-2H3. The largest absolute Gasteiger partial charge is 0.280 e. The monoisotopic (exact) mass is 497 g/mol. The second-order valence-electron chi connectivity index (χ2n) is 6.51. The fraction of sp³-hybridized carbons (Fsp3) is 0.0909. The van der Waals surface area contributed by atoms with Crippen molar-refractivity contribution in [2.45, 2.75) is 13.8 Å². The molecule has 0 unspecified atom stereocenters. The molecule has 0 heterocycles. The SMILES string of the molecule is Cc1c2ccc-2c1C.O=C(c1c(Cl)cccc1Cl)[P](=O)C(=O)c1c(Cl)cccc1Cl. The molecule has 8 heteroatoms. The average molecular weight is 499 g/mol. The number of fused-ring (bicyclic) bond motifs is 1. The topological polar surface area (TPSA) is 51.2 Å². The van der Waals surface area contributed by atoms with E-state index in [0.29, 0.717) is 0 Å². The van der Waals surface area contributed by atoms with Gasteiger partial charge in [-0.05, 0) is 60.4 Å². The highest BCUT2D eigenvalue weighted by Crippen LogP contribution is 2.41. The highest BCUT2D eigenvalue weighted by atomic mass is 35.5. The highest BCUT2D eigenvalue weighted by molar-refractivity contribution is 7.80. The van der Waals surface area contributed by atoms with E-state index in [2.05, 4.69) is 26.0 Å². The molecule has 30 heavy (non-hydrogen) atoms. The Kier molecular flexibility index (Phi) is 7.02. The molecule has 2 aromatic carbocycles. The fourth-order valence-electron chi connectivity index (χ4n) is 2.95. The second-order valence-corrected chi connectivity index (χ2v) is 9.54. The number of halogens is 4. The van der Waals surface area contributed by atoms with Gasteiger partial charge in [0.1, 0.15) is 0 Å². The van der Waals surface area contributed by atoms with Gasteiger partial charge in [-0.25, -0.2) is 0 Å². The molecule has 0 atom stereocenters. The lowest BCUT2D eigenvalue weighted by Gasteiger charge is -2.23. The van der Waals surface area contributed by atoms with Gasteiger partial charge in [-0.1, -0.05) is 70.7 Å². The summed E-state index contributed by atoms with van der Waals surface area (Å²) in [6, 6.07) is 13.1. The zero-order valence-electron chi connectivity index (χ0n) is 15.8. The van der Waals surface area contributed by atoms with Crippen LogP contribution >= 0.6 is 54.2 Å². The van der Waals surface area contributed by atoms with Crippen LogP contribution in [0.15, 0.2) is 48.5 Å². The van der Waals surface area contributed by atoms with Crippen LogP contribution in [0.4, 0.5) is 0 Å². The predicted molar refractivity (Wildman–Crippen MR) is 124 cm³/mol. The van der Waals surface area contributed by atoms with Gasteiger partial charge in [0.2, 0.25) is 7.80 Å². The fourth-order valence-corrected chi connectivity index (χ4v) is 5.42. The summed E-state index contributed by atoms with van der Waals surface area (Å²) < 4.78 is 12.3.